The maximum absolute atomic E-state index is 4.40. The molecule has 6 heteroatoms. The van der Waals surface area contributed by atoms with Crippen LogP contribution in [0.2, 0.25) is 0 Å². The average Bonchev–Trinajstić information content (AvgIpc) is 2.94. The molecule has 2 heterocycles. The van der Waals surface area contributed by atoms with Crippen molar-refractivity contribution >= 4 is 29.9 Å². The summed E-state index contributed by atoms with van der Waals surface area (Å²) in [5, 5.41) is 3.54. The number of hydrogen-bond acceptors (Lipinski definition) is 3. The fraction of sp³-hybridized carbons (Fsp3) is 0.929. The van der Waals surface area contributed by atoms with Gasteiger partial charge in [0.1, 0.15) is 0 Å². The Bertz CT molecular complexity index is 296. The van der Waals surface area contributed by atoms with Gasteiger partial charge < -0.3 is 15.1 Å². The predicted molar refractivity (Wildman–Crippen MR) is 96.1 cm³/mol. The van der Waals surface area contributed by atoms with Gasteiger partial charge in [-0.05, 0) is 26.8 Å². The molecule has 0 radical (unpaired) electrons. The van der Waals surface area contributed by atoms with Crippen LogP contribution >= 0.6 is 24.0 Å². The smallest absolute Gasteiger partial charge is 0.193 e. The number of aliphatic imine (C=N–C) groups is 1. The van der Waals surface area contributed by atoms with E-state index in [2.05, 4.69) is 39.0 Å². The molecule has 0 saturated carbocycles. The molecule has 1 N–H and O–H groups in total. The Kier molecular flexibility index (Phi) is 8.13. The van der Waals surface area contributed by atoms with E-state index in [9.17, 15) is 0 Å². The number of guanidine groups is 1. The zero-order valence-corrected chi connectivity index (χ0v) is 15.5. The van der Waals surface area contributed by atoms with Gasteiger partial charge in [0.05, 0.1) is 0 Å². The molecule has 2 rings (SSSR count). The van der Waals surface area contributed by atoms with Crippen LogP contribution in [-0.4, -0.2) is 86.6 Å². The van der Waals surface area contributed by atoms with Gasteiger partial charge in [-0.2, -0.15) is 0 Å². The lowest BCUT2D eigenvalue weighted by Gasteiger charge is -2.37. The lowest BCUT2D eigenvalue weighted by atomic mass is 10.2. The molecule has 118 valence electrons. The summed E-state index contributed by atoms with van der Waals surface area (Å²) >= 11 is 0. The number of piperazine rings is 1. The molecule has 0 aromatic carbocycles. The molecule has 1 unspecified atom stereocenters. The van der Waals surface area contributed by atoms with Crippen LogP contribution in [0, 0.1) is 0 Å². The highest BCUT2D eigenvalue weighted by Crippen LogP contribution is 2.08. The minimum absolute atomic E-state index is 0. The molecule has 2 saturated heterocycles. The van der Waals surface area contributed by atoms with Gasteiger partial charge in [0, 0.05) is 58.9 Å². The Balaban J connectivity index is 0.00000200. The van der Waals surface area contributed by atoms with Gasteiger partial charge in [-0.25, -0.2) is 0 Å². The topological polar surface area (TPSA) is 34.1 Å². The van der Waals surface area contributed by atoms with Gasteiger partial charge in [0.25, 0.3) is 0 Å². The molecule has 0 aromatic heterocycles. The highest BCUT2D eigenvalue weighted by Gasteiger charge is 2.20. The normalized spacial score (nSPS) is 23.6. The first-order valence-electron chi connectivity index (χ1n) is 7.59. The summed E-state index contributed by atoms with van der Waals surface area (Å²) in [5.74, 6) is 1.08. The number of hydrogen-bond donors (Lipinski definition) is 1. The van der Waals surface area contributed by atoms with Crippen LogP contribution in [0.1, 0.15) is 19.8 Å². The van der Waals surface area contributed by atoms with Crippen LogP contribution < -0.4 is 5.32 Å². The second-order valence-corrected chi connectivity index (χ2v) is 5.81. The number of likely N-dealkylation sites (N-methyl/N-ethyl adjacent to an activating group) is 1. The van der Waals surface area contributed by atoms with Crippen LogP contribution in [-0.2, 0) is 0 Å². The summed E-state index contributed by atoms with van der Waals surface area (Å²) in [6, 6.07) is 0.577. The molecule has 5 nitrogen and oxygen atoms in total. The van der Waals surface area contributed by atoms with Crippen molar-refractivity contribution < 1.29 is 0 Å². The number of rotatable bonds is 3. The van der Waals surface area contributed by atoms with Gasteiger partial charge in [-0.3, -0.25) is 9.89 Å². The number of likely N-dealkylation sites (tertiary alicyclic amines) is 1. The third kappa shape index (κ3) is 5.04. The van der Waals surface area contributed by atoms with E-state index in [-0.39, 0.29) is 24.0 Å². The SMILES string of the molecule is CN=C(NCC(C)N1CCN(C)CC1)N1CCCC1.I. The molecule has 1 atom stereocenters. The Labute approximate surface area is 140 Å². The third-order valence-electron chi connectivity index (χ3n) is 4.33. The van der Waals surface area contributed by atoms with Crippen LogP contribution in [0.25, 0.3) is 0 Å². The minimum Gasteiger partial charge on any atom is -0.355 e. The van der Waals surface area contributed by atoms with E-state index >= 15 is 0 Å². The van der Waals surface area contributed by atoms with Gasteiger partial charge in [0.15, 0.2) is 5.96 Å². The highest BCUT2D eigenvalue weighted by atomic mass is 127. The molecular formula is C14H30IN5. The fourth-order valence-electron chi connectivity index (χ4n) is 2.89. The van der Waals surface area contributed by atoms with Gasteiger partial charge >= 0.3 is 0 Å². The minimum atomic E-state index is 0. The third-order valence-corrected chi connectivity index (χ3v) is 4.33. The van der Waals surface area contributed by atoms with E-state index in [1.807, 2.05) is 7.05 Å². The summed E-state index contributed by atoms with van der Waals surface area (Å²) in [4.78, 5) is 11.8. The van der Waals surface area contributed by atoms with Crippen LogP contribution in [0.5, 0.6) is 0 Å². The molecule has 0 aliphatic carbocycles. The summed E-state index contributed by atoms with van der Waals surface area (Å²) in [5.41, 5.74) is 0. The van der Waals surface area contributed by atoms with E-state index in [0.717, 1.165) is 25.6 Å². The molecule has 0 amide bonds. The molecule has 0 bridgehead atoms. The summed E-state index contributed by atoms with van der Waals surface area (Å²) in [6.45, 7) is 10.4. The quantitative estimate of drug-likeness (QED) is 0.438. The van der Waals surface area contributed by atoms with Crippen LogP contribution in [0.3, 0.4) is 0 Å². The molecule has 0 spiro atoms. The van der Waals surface area contributed by atoms with E-state index in [0.29, 0.717) is 6.04 Å². The van der Waals surface area contributed by atoms with Gasteiger partial charge in [-0.1, -0.05) is 0 Å². The molecule has 2 aliphatic rings. The van der Waals surface area contributed by atoms with Gasteiger partial charge in [-0.15, -0.1) is 24.0 Å². The molecule has 20 heavy (non-hydrogen) atoms. The lowest BCUT2D eigenvalue weighted by molar-refractivity contribution is 0.119. The Hall–Kier alpha value is -0.0800. The second-order valence-electron chi connectivity index (χ2n) is 5.81. The van der Waals surface area contributed by atoms with Crippen molar-refractivity contribution in [2.24, 2.45) is 4.99 Å². The number of nitrogens with zero attached hydrogens (tertiary/aromatic N) is 4. The number of nitrogens with one attached hydrogen (secondary N) is 1. The van der Waals surface area contributed by atoms with Crippen molar-refractivity contribution in [2.45, 2.75) is 25.8 Å². The van der Waals surface area contributed by atoms with Crippen LogP contribution in [0.4, 0.5) is 0 Å². The lowest BCUT2D eigenvalue weighted by Crippen LogP contribution is -2.52. The average molecular weight is 395 g/mol. The summed E-state index contributed by atoms with van der Waals surface area (Å²) in [7, 11) is 4.09. The Morgan fingerprint density at radius 3 is 2.25 bits per heavy atom. The van der Waals surface area contributed by atoms with Crippen molar-refractivity contribution in [3.8, 4) is 0 Å². The largest absolute Gasteiger partial charge is 0.355 e. The highest BCUT2D eigenvalue weighted by molar-refractivity contribution is 14.0. The fourth-order valence-corrected chi connectivity index (χ4v) is 2.89. The van der Waals surface area contributed by atoms with Crippen molar-refractivity contribution in [3.63, 3.8) is 0 Å². The standard InChI is InChI=1S/C14H29N5.HI/c1-13(18-10-8-17(3)9-11-18)12-16-14(15-2)19-6-4-5-7-19;/h13H,4-12H2,1-3H3,(H,15,16);1H. The molecular weight excluding hydrogens is 365 g/mol. The Morgan fingerprint density at radius 2 is 1.70 bits per heavy atom. The predicted octanol–water partition coefficient (Wildman–Crippen LogP) is 0.912. The first-order valence-corrected chi connectivity index (χ1v) is 7.59. The molecule has 2 aliphatic heterocycles. The van der Waals surface area contributed by atoms with E-state index in [1.54, 1.807) is 0 Å². The van der Waals surface area contributed by atoms with E-state index in [1.165, 1.54) is 39.0 Å². The first kappa shape index (κ1) is 18.0. The van der Waals surface area contributed by atoms with Crippen molar-refractivity contribution in [3.05, 3.63) is 0 Å². The maximum Gasteiger partial charge on any atom is 0.193 e. The van der Waals surface area contributed by atoms with E-state index < -0.39 is 0 Å². The van der Waals surface area contributed by atoms with Crippen LogP contribution in [0.15, 0.2) is 4.99 Å². The number of halogens is 1. The zero-order valence-electron chi connectivity index (χ0n) is 13.1. The maximum atomic E-state index is 4.40. The van der Waals surface area contributed by atoms with E-state index in [4.69, 9.17) is 0 Å². The molecule has 0 aromatic rings. The molecule has 2 fully saturated rings. The van der Waals surface area contributed by atoms with Crippen molar-refractivity contribution in [1.82, 2.24) is 20.0 Å². The Morgan fingerprint density at radius 1 is 1.10 bits per heavy atom. The van der Waals surface area contributed by atoms with Crippen molar-refractivity contribution in [2.75, 3.05) is 59.9 Å². The van der Waals surface area contributed by atoms with Gasteiger partial charge in [0.2, 0.25) is 0 Å². The second kappa shape index (κ2) is 9.04. The first-order chi connectivity index (χ1) is 9.20. The zero-order chi connectivity index (χ0) is 13.7. The summed E-state index contributed by atoms with van der Waals surface area (Å²) in [6.07, 6.45) is 2.60. The monoisotopic (exact) mass is 395 g/mol. The van der Waals surface area contributed by atoms with Crippen molar-refractivity contribution in [1.29, 1.82) is 0 Å². The summed E-state index contributed by atoms with van der Waals surface area (Å²) < 4.78 is 0.